The number of amides is 1. The molecule has 3 aliphatic rings. The molecule has 21 heavy (non-hydrogen) atoms. The quantitative estimate of drug-likeness (QED) is 0.715. The molecule has 0 aromatic heterocycles. The molecule has 0 aromatic carbocycles. The Balaban J connectivity index is 1.43. The van der Waals surface area contributed by atoms with Gasteiger partial charge >= 0.3 is 5.97 Å². The van der Waals surface area contributed by atoms with Gasteiger partial charge in [-0.05, 0) is 37.8 Å². The van der Waals surface area contributed by atoms with E-state index in [4.69, 9.17) is 4.74 Å². The van der Waals surface area contributed by atoms with Gasteiger partial charge < -0.3 is 15.0 Å². The fraction of sp³-hybridized carbons (Fsp3) is 0.867. The summed E-state index contributed by atoms with van der Waals surface area (Å²) in [4.78, 5) is 28.1. The van der Waals surface area contributed by atoms with Crippen molar-refractivity contribution in [2.24, 2.45) is 17.8 Å². The molecule has 3 fully saturated rings. The lowest BCUT2D eigenvalue weighted by Crippen LogP contribution is -2.45. The summed E-state index contributed by atoms with van der Waals surface area (Å²) in [5.74, 6) is 1.50. The minimum atomic E-state index is -0.137. The molecule has 3 saturated heterocycles. The monoisotopic (exact) mass is 295 g/mol. The van der Waals surface area contributed by atoms with Crippen LogP contribution in [-0.4, -0.2) is 74.6 Å². The summed E-state index contributed by atoms with van der Waals surface area (Å²) in [5.41, 5.74) is 0. The number of hydrogen-bond acceptors (Lipinski definition) is 5. The Morgan fingerprint density at radius 1 is 1.14 bits per heavy atom. The summed E-state index contributed by atoms with van der Waals surface area (Å²) in [6, 6.07) is 0. The number of carbonyl (C=O) groups is 2. The molecule has 6 heteroatoms. The van der Waals surface area contributed by atoms with Crippen LogP contribution in [0.25, 0.3) is 0 Å². The first-order valence-corrected chi connectivity index (χ1v) is 7.96. The van der Waals surface area contributed by atoms with Gasteiger partial charge in [-0.15, -0.1) is 0 Å². The zero-order valence-corrected chi connectivity index (χ0v) is 12.7. The van der Waals surface area contributed by atoms with Gasteiger partial charge in [-0.3, -0.25) is 14.5 Å². The van der Waals surface area contributed by atoms with Crippen LogP contribution in [0.15, 0.2) is 0 Å². The van der Waals surface area contributed by atoms with Gasteiger partial charge in [-0.1, -0.05) is 0 Å². The van der Waals surface area contributed by atoms with Crippen molar-refractivity contribution < 1.29 is 14.3 Å². The summed E-state index contributed by atoms with van der Waals surface area (Å²) in [6.07, 6.45) is 1.46. The maximum atomic E-state index is 12.4. The molecule has 0 radical (unpaired) electrons. The summed E-state index contributed by atoms with van der Waals surface area (Å²) in [6.45, 7) is 6.18. The number of hydrogen-bond donors (Lipinski definition) is 1. The highest BCUT2D eigenvalue weighted by Crippen LogP contribution is 2.26. The molecule has 1 N–H and O–H groups in total. The zero-order chi connectivity index (χ0) is 14.8. The lowest BCUT2D eigenvalue weighted by molar-refractivity contribution is -0.149. The Bertz CT molecular complexity index is 395. The van der Waals surface area contributed by atoms with Crippen molar-refractivity contribution in [1.29, 1.82) is 0 Å². The van der Waals surface area contributed by atoms with Crippen LogP contribution in [-0.2, 0) is 14.3 Å². The van der Waals surface area contributed by atoms with Crippen LogP contribution >= 0.6 is 0 Å². The van der Waals surface area contributed by atoms with Gasteiger partial charge in [0.1, 0.15) is 0 Å². The van der Waals surface area contributed by atoms with Gasteiger partial charge in [0.15, 0.2) is 0 Å². The number of nitrogens with zero attached hydrogens (tertiary/aromatic N) is 2. The molecule has 3 aliphatic heterocycles. The average Bonchev–Trinajstić information content (AvgIpc) is 3.07. The first-order chi connectivity index (χ1) is 10.2. The number of ether oxygens (including phenoxy) is 1. The number of nitrogens with one attached hydrogen (secondary N) is 1. The van der Waals surface area contributed by atoms with E-state index in [9.17, 15) is 9.59 Å². The Morgan fingerprint density at radius 3 is 2.33 bits per heavy atom. The van der Waals surface area contributed by atoms with Crippen molar-refractivity contribution in [3.8, 4) is 0 Å². The molecule has 3 heterocycles. The number of fused-ring (bicyclic) bond motifs is 1. The van der Waals surface area contributed by atoms with Gasteiger partial charge in [-0.2, -0.15) is 0 Å². The highest BCUT2D eigenvalue weighted by atomic mass is 16.5. The highest BCUT2D eigenvalue weighted by Gasteiger charge is 2.37. The summed E-state index contributed by atoms with van der Waals surface area (Å²) in [7, 11) is 1.43. The molecule has 0 bridgehead atoms. The number of rotatable bonds is 3. The van der Waals surface area contributed by atoms with E-state index in [0.717, 1.165) is 50.9 Å². The van der Waals surface area contributed by atoms with E-state index in [2.05, 4.69) is 10.2 Å². The highest BCUT2D eigenvalue weighted by molar-refractivity contribution is 5.79. The smallest absolute Gasteiger partial charge is 0.308 e. The van der Waals surface area contributed by atoms with Crippen molar-refractivity contribution in [3.05, 3.63) is 0 Å². The number of carbonyl (C=O) groups excluding carboxylic acids is 2. The fourth-order valence-electron chi connectivity index (χ4n) is 3.90. The summed E-state index contributed by atoms with van der Waals surface area (Å²) < 4.78 is 4.78. The van der Waals surface area contributed by atoms with Crippen LogP contribution in [0.3, 0.4) is 0 Å². The van der Waals surface area contributed by atoms with E-state index in [-0.39, 0.29) is 17.8 Å². The second kappa shape index (κ2) is 6.32. The third-order valence-corrected chi connectivity index (χ3v) is 5.21. The van der Waals surface area contributed by atoms with Gasteiger partial charge in [-0.25, -0.2) is 0 Å². The topological polar surface area (TPSA) is 61.9 Å². The first kappa shape index (κ1) is 14.8. The second-order valence-electron chi connectivity index (χ2n) is 6.55. The second-order valence-corrected chi connectivity index (χ2v) is 6.55. The molecule has 1 amide bonds. The molecule has 118 valence electrons. The van der Waals surface area contributed by atoms with Crippen LogP contribution in [0.1, 0.15) is 12.8 Å². The zero-order valence-electron chi connectivity index (χ0n) is 12.7. The van der Waals surface area contributed by atoms with Crippen LogP contribution in [0.5, 0.6) is 0 Å². The molecule has 0 unspecified atom stereocenters. The van der Waals surface area contributed by atoms with E-state index in [1.54, 1.807) is 0 Å². The van der Waals surface area contributed by atoms with Crippen molar-refractivity contribution in [1.82, 2.24) is 15.1 Å². The number of piperidine rings is 1. The van der Waals surface area contributed by atoms with Crippen molar-refractivity contribution in [2.45, 2.75) is 12.8 Å². The third-order valence-electron chi connectivity index (χ3n) is 5.21. The van der Waals surface area contributed by atoms with Gasteiger partial charge in [0.25, 0.3) is 0 Å². The SMILES string of the molecule is COC(=O)C1CCN(C(=O)CN2C[C@H]3CNC[C@H]3C2)CC1. The van der Waals surface area contributed by atoms with Gasteiger partial charge in [0, 0.05) is 26.2 Å². The number of esters is 1. The van der Waals surface area contributed by atoms with E-state index in [1.165, 1.54) is 7.11 Å². The molecule has 6 nitrogen and oxygen atoms in total. The van der Waals surface area contributed by atoms with Crippen LogP contribution in [0.4, 0.5) is 0 Å². The molecule has 0 aliphatic carbocycles. The maximum absolute atomic E-state index is 12.4. The van der Waals surface area contributed by atoms with E-state index in [0.29, 0.717) is 19.6 Å². The molecule has 3 rings (SSSR count). The lowest BCUT2D eigenvalue weighted by atomic mass is 9.97. The van der Waals surface area contributed by atoms with Crippen molar-refractivity contribution in [2.75, 3.05) is 52.9 Å². The van der Waals surface area contributed by atoms with Crippen LogP contribution in [0.2, 0.25) is 0 Å². The van der Waals surface area contributed by atoms with Gasteiger partial charge in [0.05, 0.1) is 19.6 Å². The minimum Gasteiger partial charge on any atom is -0.469 e. The lowest BCUT2D eigenvalue weighted by Gasteiger charge is -2.32. The molecule has 0 saturated carbocycles. The predicted molar refractivity (Wildman–Crippen MR) is 77.6 cm³/mol. The predicted octanol–water partition coefficient (Wildman–Crippen LogP) is -0.451. The fourth-order valence-corrected chi connectivity index (χ4v) is 3.90. The molecule has 2 atom stereocenters. The van der Waals surface area contributed by atoms with Crippen LogP contribution < -0.4 is 5.32 Å². The molecule has 0 spiro atoms. The summed E-state index contributed by atoms with van der Waals surface area (Å²) >= 11 is 0. The third kappa shape index (κ3) is 3.21. The average molecular weight is 295 g/mol. The van der Waals surface area contributed by atoms with E-state index >= 15 is 0 Å². The minimum absolute atomic E-state index is 0.0312. The summed E-state index contributed by atoms with van der Waals surface area (Å²) in [5, 5.41) is 3.42. The largest absolute Gasteiger partial charge is 0.469 e. The first-order valence-electron chi connectivity index (χ1n) is 7.96. The van der Waals surface area contributed by atoms with E-state index in [1.807, 2.05) is 4.90 Å². The molecular weight excluding hydrogens is 270 g/mol. The van der Waals surface area contributed by atoms with Gasteiger partial charge in [0.2, 0.25) is 5.91 Å². The Labute approximate surface area is 125 Å². The molecule has 0 aromatic rings. The standard InChI is InChI=1S/C15H25N3O3/c1-21-15(20)11-2-4-18(5-3-11)14(19)10-17-8-12-6-16-7-13(12)9-17/h11-13,16H,2-10H2,1H3/t12-,13+. The van der Waals surface area contributed by atoms with Crippen molar-refractivity contribution >= 4 is 11.9 Å². The van der Waals surface area contributed by atoms with Crippen molar-refractivity contribution in [3.63, 3.8) is 0 Å². The number of methoxy groups -OCH3 is 1. The number of likely N-dealkylation sites (tertiary alicyclic amines) is 2. The van der Waals surface area contributed by atoms with E-state index < -0.39 is 0 Å². The molecular formula is C15H25N3O3. The Hall–Kier alpha value is -1.14. The Kier molecular flexibility index (Phi) is 4.45. The van der Waals surface area contributed by atoms with Crippen LogP contribution in [0, 0.1) is 17.8 Å². The normalized spacial score (nSPS) is 30.4. The Morgan fingerprint density at radius 2 is 1.76 bits per heavy atom. The maximum Gasteiger partial charge on any atom is 0.308 e.